The van der Waals surface area contributed by atoms with Crippen molar-refractivity contribution >= 4 is 35.8 Å². The van der Waals surface area contributed by atoms with Gasteiger partial charge in [-0.1, -0.05) is 0 Å². The molecule has 3 N–H and O–H groups in total. The maximum absolute atomic E-state index is 11.8. The highest BCUT2D eigenvalue weighted by Gasteiger charge is 2.13. The summed E-state index contributed by atoms with van der Waals surface area (Å²) in [5.41, 5.74) is -0.259. The molecule has 0 saturated carbocycles. The molecule has 0 atom stereocenters. The average Bonchev–Trinajstić information content (AvgIpc) is 2.55. The van der Waals surface area contributed by atoms with Gasteiger partial charge in [-0.25, -0.2) is 4.99 Å². The fraction of sp³-hybridized carbons (Fsp3) is 0.556. The molecule has 7 nitrogen and oxygen atoms in total. The SMILES string of the molecule is CCNC(=NCC(=O)NC(C)(C)C)NCCOc1ccc(OC)cc1.I. The van der Waals surface area contributed by atoms with Crippen LogP contribution in [0.15, 0.2) is 29.3 Å². The predicted molar refractivity (Wildman–Crippen MR) is 116 cm³/mol. The van der Waals surface area contributed by atoms with Crippen molar-refractivity contribution < 1.29 is 14.3 Å². The first-order valence-corrected chi connectivity index (χ1v) is 8.44. The number of nitrogens with zero attached hydrogens (tertiary/aromatic N) is 1. The van der Waals surface area contributed by atoms with Crippen LogP contribution >= 0.6 is 24.0 Å². The van der Waals surface area contributed by atoms with Crippen LogP contribution in [-0.2, 0) is 4.79 Å². The molecule has 1 aromatic carbocycles. The fourth-order valence-electron chi connectivity index (χ4n) is 1.96. The molecule has 0 bridgehead atoms. The Bertz CT molecular complexity index is 557. The third kappa shape index (κ3) is 11.0. The van der Waals surface area contributed by atoms with Crippen molar-refractivity contribution in [1.82, 2.24) is 16.0 Å². The van der Waals surface area contributed by atoms with Crippen LogP contribution in [0.4, 0.5) is 0 Å². The van der Waals surface area contributed by atoms with E-state index in [9.17, 15) is 4.79 Å². The van der Waals surface area contributed by atoms with Gasteiger partial charge in [-0.15, -0.1) is 24.0 Å². The fourth-order valence-corrected chi connectivity index (χ4v) is 1.96. The van der Waals surface area contributed by atoms with Crippen LogP contribution in [-0.4, -0.2) is 50.8 Å². The molecule has 8 heteroatoms. The number of rotatable bonds is 8. The summed E-state index contributed by atoms with van der Waals surface area (Å²) in [6.45, 7) is 9.62. The number of aliphatic imine (C=N–C) groups is 1. The molecule has 0 unspecified atom stereocenters. The van der Waals surface area contributed by atoms with Crippen LogP contribution in [0.3, 0.4) is 0 Å². The Balaban J connectivity index is 0.00000625. The Morgan fingerprint density at radius 2 is 1.73 bits per heavy atom. The van der Waals surface area contributed by atoms with Gasteiger partial charge in [0.15, 0.2) is 5.96 Å². The Kier molecular flexibility index (Phi) is 11.8. The maximum atomic E-state index is 11.8. The molecule has 0 radical (unpaired) electrons. The van der Waals surface area contributed by atoms with Gasteiger partial charge in [-0.3, -0.25) is 4.79 Å². The molecular formula is C18H31IN4O3. The van der Waals surface area contributed by atoms with Crippen LogP contribution in [0.5, 0.6) is 11.5 Å². The van der Waals surface area contributed by atoms with E-state index in [4.69, 9.17) is 9.47 Å². The number of hydrogen-bond acceptors (Lipinski definition) is 4. The van der Waals surface area contributed by atoms with Gasteiger partial charge in [0.05, 0.1) is 13.7 Å². The number of ether oxygens (including phenoxy) is 2. The Hall–Kier alpha value is -1.71. The monoisotopic (exact) mass is 478 g/mol. The van der Waals surface area contributed by atoms with Crippen LogP contribution in [0.2, 0.25) is 0 Å². The van der Waals surface area contributed by atoms with Crippen molar-refractivity contribution in [2.75, 3.05) is 33.4 Å². The van der Waals surface area contributed by atoms with Crippen LogP contribution in [0.25, 0.3) is 0 Å². The minimum atomic E-state index is -0.259. The molecule has 0 aliphatic rings. The first-order chi connectivity index (χ1) is 11.8. The minimum absolute atomic E-state index is 0. The summed E-state index contributed by atoms with van der Waals surface area (Å²) in [5.74, 6) is 2.04. The number of carbonyl (C=O) groups excluding carboxylic acids is 1. The molecule has 0 aliphatic heterocycles. The van der Waals surface area contributed by atoms with E-state index in [1.54, 1.807) is 7.11 Å². The molecule has 0 aromatic heterocycles. The zero-order chi connectivity index (χ0) is 18.7. The third-order valence-corrected chi connectivity index (χ3v) is 2.96. The summed E-state index contributed by atoms with van der Waals surface area (Å²) in [6, 6.07) is 7.41. The van der Waals surface area contributed by atoms with Crippen molar-refractivity contribution in [3.8, 4) is 11.5 Å². The Morgan fingerprint density at radius 3 is 2.27 bits per heavy atom. The highest BCUT2D eigenvalue weighted by atomic mass is 127. The van der Waals surface area contributed by atoms with E-state index >= 15 is 0 Å². The van der Waals surface area contributed by atoms with Crippen molar-refractivity contribution in [2.45, 2.75) is 33.2 Å². The molecule has 26 heavy (non-hydrogen) atoms. The first kappa shape index (κ1) is 24.3. The van der Waals surface area contributed by atoms with Crippen LogP contribution in [0, 0.1) is 0 Å². The lowest BCUT2D eigenvalue weighted by atomic mass is 10.1. The number of benzene rings is 1. The molecule has 1 aromatic rings. The lowest BCUT2D eigenvalue weighted by Gasteiger charge is -2.20. The molecule has 0 fully saturated rings. The molecule has 0 heterocycles. The van der Waals surface area contributed by atoms with E-state index < -0.39 is 0 Å². The third-order valence-electron chi connectivity index (χ3n) is 2.96. The van der Waals surface area contributed by atoms with E-state index in [-0.39, 0.29) is 42.0 Å². The molecule has 0 spiro atoms. The zero-order valence-electron chi connectivity index (χ0n) is 16.2. The van der Waals surface area contributed by atoms with Crippen molar-refractivity contribution in [1.29, 1.82) is 0 Å². The molecule has 0 saturated heterocycles. The summed E-state index contributed by atoms with van der Waals surface area (Å²) in [6.07, 6.45) is 0. The smallest absolute Gasteiger partial charge is 0.242 e. The average molecular weight is 478 g/mol. The highest BCUT2D eigenvalue weighted by Crippen LogP contribution is 2.16. The van der Waals surface area contributed by atoms with E-state index in [1.807, 2.05) is 52.0 Å². The number of guanidine groups is 1. The van der Waals surface area contributed by atoms with Gasteiger partial charge in [0.1, 0.15) is 24.7 Å². The Morgan fingerprint density at radius 1 is 1.12 bits per heavy atom. The second-order valence-electron chi connectivity index (χ2n) is 6.44. The van der Waals surface area contributed by atoms with Gasteiger partial charge >= 0.3 is 0 Å². The van der Waals surface area contributed by atoms with Crippen LogP contribution < -0.4 is 25.4 Å². The van der Waals surface area contributed by atoms with Gasteiger partial charge in [-0.05, 0) is 52.0 Å². The summed E-state index contributed by atoms with van der Waals surface area (Å²) in [4.78, 5) is 16.1. The molecule has 1 amide bonds. The molecular weight excluding hydrogens is 447 g/mol. The van der Waals surface area contributed by atoms with Crippen molar-refractivity contribution in [3.63, 3.8) is 0 Å². The Labute approximate surface area is 173 Å². The van der Waals surface area contributed by atoms with Gasteiger partial charge in [0.2, 0.25) is 5.91 Å². The largest absolute Gasteiger partial charge is 0.497 e. The molecule has 1 rings (SSSR count). The van der Waals surface area contributed by atoms with Crippen LogP contribution in [0.1, 0.15) is 27.7 Å². The lowest BCUT2D eigenvalue weighted by Crippen LogP contribution is -2.43. The number of hydrogen-bond donors (Lipinski definition) is 3. The summed E-state index contributed by atoms with van der Waals surface area (Å²) in [7, 11) is 1.63. The normalized spacial score (nSPS) is 11.2. The summed E-state index contributed by atoms with van der Waals surface area (Å²) in [5, 5.41) is 9.12. The van der Waals surface area contributed by atoms with Gasteiger partial charge < -0.3 is 25.4 Å². The van der Waals surface area contributed by atoms with Crippen molar-refractivity contribution in [2.24, 2.45) is 4.99 Å². The van der Waals surface area contributed by atoms with Gasteiger partial charge in [-0.2, -0.15) is 0 Å². The van der Waals surface area contributed by atoms with E-state index in [1.165, 1.54) is 0 Å². The number of amides is 1. The van der Waals surface area contributed by atoms with E-state index in [0.717, 1.165) is 11.5 Å². The number of halogens is 1. The summed E-state index contributed by atoms with van der Waals surface area (Å²) >= 11 is 0. The van der Waals surface area contributed by atoms with Crippen molar-refractivity contribution in [3.05, 3.63) is 24.3 Å². The predicted octanol–water partition coefficient (Wildman–Crippen LogP) is 2.16. The van der Waals surface area contributed by atoms with E-state index in [2.05, 4.69) is 20.9 Å². The topological polar surface area (TPSA) is 84.0 Å². The molecule has 148 valence electrons. The van der Waals surface area contributed by atoms with Gasteiger partial charge in [0.25, 0.3) is 0 Å². The standard InChI is InChI=1S/C18H30N4O3.HI/c1-6-19-17(21-13-16(23)22-18(2,3)4)20-11-12-25-15-9-7-14(24-5)8-10-15;/h7-10H,6,11-13H2,1-5H3,(H,22,23)(H2,19,20,21);1H. The first-order valence-electron chi connectivity index (χ1n) is 8.44. The second kappa shape index (κ2) is 12.6. The minimum Gasteiger partial charge on any atom is -0.497 e. The number of nitrogens with one attached hydrogen (secondary N) is 3. The van der Waals surface area contributed by atoms with Gasteiger partial charge in [0, 0.05) is 12.1 Å². The lowest BCUT2D eigenvalue weighted by molar-refractivity contribution is -0.121. The summed E-state index contributed by atoms with van der Waals surface area (Å²) < 4.78 is 10.8. The zero-order valence-corrected chi connectivity index (χ0v) is 18.5. The quantitative estimate of drug-likeness (QED) is 0.231. The molecule has 0 aliphatic carbocycles. The second-order valence-corrected chi connectivity index (χ2v) is 6.44. The highest BCUT2D eigenvalue weighted by molar-refractivity contribution is 14.0. The number of carbonyl (C=O) groups is 1. The van der Waals surface area contributed by atoms with E-state index in [0.29, 0.717) is 25.7 Å². The maximum Gasteiger partial charge on any atom is 0.242 e. The number of methoxy groups -OCH3 is 1.